The Morgan fingerprint density at radius 1 is 0.853 bits per heavy atom. The second kappa shape index (κ2) is 11.6. The summed E-state index contributed by atoms with van der Waals surface area (Å²) in [6, 6.07) is 19.7. The van der Waals surface area contributed by atoms with Crippen molar-refractivity contribution in [2.45, 2.75) is 6.92 Å². The van der Waals surface area contributed by atoms with Crippen LogP contribution in [0.15, 0.2) is 72.8 Å². The molecule has 34 heavy (non-hydrogen) atoms. The van der Waals surface area contributed by atoms with Crippen molar-refractivity contribution in [3.63, 3.8) is 0 Å². The molecule has 3 N–H and O–H groups in total. The van der Waals surface area contributed by atoms with E-state index in [1.807, 2.05) is 31.2 Å². The Bertz CT molecular complexity index is 1240. The number of thiocarbonyl (C=S) groups is 1. The van der Waals surface area contributed by atoms with Crippen LogP contribution in [0.4, 0.5) is 11.4 Å². The first-order valence-electron chi connectivity index (χ1n) is 10.4. The summed E-state index contributed by atoms with van der Waals surface area (Å²) in [5.74, 6) is 0.514. The minimum Gasteiger partial charge on any atom is -0.493 e. The molecule has 7 nitrogen and oxygen atoms in total. The minimum atomic E-state index is -0.402. The van der Waals surface area contributed by atoms with E-state index in [4.69, 9.17) is 21.7 Å². The Morgan fingerprint density at radius 2 is 1.56 bits per heavy atom. The van der Waals surface area contributed by atoms with E-state index in [0.717, 1.165) is 11.1 Å². The summed E-state index contributed by atoms with van der Waals surface area (Å²) in [6.07, 6.45) is 3.00. The van der Waals surface area contributed by atoms with Gasteiger partial charge in [-0.05, 0) is 78.8 Å². The lowest BCUT2D eigenvalue weighted by Crippen LogP contribution is -2.32. The molecule has 174 valence electrons. The van der Waals surface area contributed by atoms with Gasteiger partial charge in [-0.15, -0.1) is 0 Å². The summed E-state index contributed by atoms with van der Waals surface area (Å²) in [7, 11) is 3.10. The van der Waals surface area contributed by atoms with Crippen molar-refractivity contribution < 1.29 is 19.1 Å². The first kappa shape index (κ1) is 24.5. The van der Waals surface area contributed by atoms with Gasteiger partial charge >= 0.3 is 0 Å². The third-order valence-electron chi connectivity index (χ3n) is 4.73. The number of hydrogen-bond acceptors (Lipinski definition) is 5. The first-order valence-corrected chi connectivity index (χ1v) is 10.8. The van der Waals surface area contributed by atoms with Crippen LogP contribution in [0.25, 0.3) is 6.08 Å². The van der Waals surface area contributed by atoms with Crippen LogP contribution < -0.4 is 25.4 Å². The standard InChI is InChI=1S/C26H25N3O4S/c1-17-6-4-8-20(14-17)27-25(31)19-7-5-9-21(16-19)28-26(34)29-24(30)13-11-18-10-12-22(32-2)23(15-18)33-3/h4-16H,1-3H3,(H,27,31)(H2,28,29,30,34)/b13-11+. The molecule has 0 aliphatic rings. The highest BCUT2D eigenvalue weighted by atomic mass is 32.1. The molecule has 3 aromatic carbocycles. The number of aryl methyl sites for hydroxylation is 1. The molecule has 0 saturated heterocycles. The number of rotatable bonds is 7. The van der Waals surface area contributed by atoms with E-state index in [1.54, 1.807) is 62.8 Å². The molecule has 0 aliphatic heterocycles. The number of amides is 2. The number of carbonyl (C=O) groups is 2. The molecule has 0 saturated carbocycles. The van der Waals surface area contributed by atoms with Gasteiger partial charge in [0.15, 0.2) is 16.6 Å². The molecular weight excluding hydrogens is 450 g/mol. The van der Waals surface area contributed by atoms with Gasteiger partial charge in [0.05, 0.1) is 14.2 Å². The third-order valence-corrected chi connectivity index (χ3v) is 4.93. The highest BCUT2D eigenvalue weighted by Gasteiger charge is 2.09. The second-order valence-corrected chi connectivity index (χ2v) is 7.70. The number of benzene rings is 3. The van der Waals surface area contributed by atoms with Crippen LogP contribution in [0.2, 0.25) is 0 Å². The highest BCUT2D eigenvalue weighted by Crippen LogP contribution is 2.27. The van der Waals surface area contributed by atoms with E-state index >= 15 is 0 Å². The van der Waals surface area contributed by atoms with E-state index < -0.39 is 5.91 Å². The molecule has 0 spiro atoms. The maximum absolute atomic E-state index is 12.6. The fraction of sp³-hybridized carbons (Fsp3) is 0.115. The van der Waals surface area contributed by atoms with Crippen LogP contribution in [0, 0.1) is 6.92 Å². The molecule has 0 radical (unpaired) electrons. The molecule has 0 unspecified atom stereocenters. The summed E-state index contributed by atoms with van der Waals surface area (Å²) >= 11 is 5.23. The van der Waals surface area contributed by atoms with Gasteiger partial charge in [0.2, 0.25) is 5.91 Å². The number of ether oxygens (including phenoxy) is 2. The van der Waals surface area contributed by atoms with Gasteiger partial charge in [0.25, 0.3) is 5.91 Å². The van der Waals surface area contributed by atoms with Crippen molar-refractivity contribution in [1.82, 2.24) is 5.32 Å². The molecule has 0 aliphatic carbocycles. The average Bonchev–Trinajstić information content (AvgIpc) is 2.82. The normalized spacial score (nSPS) is 10.4. The van der Waals surface area contributed by atoms with Crippen LogP contribution in [0.1, 0.15) is 21.5 Å². The van der Waals surface area contributed by atoms with Gasteiger partial charge in [0.1, 0.15) is 0 Å². The first-order chi connectivity index (χ1) is 16.4. The van der Waals surface area contributed by atoms with E-state index in [2.05, 4.69) is 16.0 Å². The van der Waals surface area contributed by atoms with E-state index in [9.17, 15) is 9.59 Å². The van der Waals surface area contributed by atoms with Crippen LogP contribution in [-0.4, -0.2) is 31.1 Å². The van der Waals surface area contributed by atoms with Gasteiger partial charge in [0, 0.05) is 23.0 Å². The molecule has 2 amide bonds. The largest absolute Gasteiger partial charge is 0.493 e. The molecular formula is C26H25N3O4S. The van der Waals surface area contributed by atoms with E-state index in [1.165, 1.54) is 6.08 Å². The molecule has 0 aromatic heterocycles. The molecule has 0 bridgehead atoms. The lowest BCUT2D eigenvalue weighted by Gasteiger charge is -2.10. The van der Waals surface area contributed by atoms with Crippen LogP contribution in [0.3, 0.4) is 0 Å². The predicted molar refractivity (Wildman–Crippen MR) is 139 cm³/mol. The summed E-state index contributed by atoms with van der Waals surface area (Å²) < 4.78 is 10.5. The summed E-state index contributed by atoms with van der Waals surface area (Å²) in [5, 5.41) is 8.48. The van der Waals surface area contributed by atoms with E-state index in [-0.39, 0.29) is 11.0 Å². The lowest BCUT2D eigenvalue weighted by molar-refractivity contribution is -0.115. The quantitative estimate of drug-likeness (QED) is 0.336. The number of carbonyl (C=O) groups excluding carboxylic acids is 2. The van der Waals surface area contributed by atoms with Gasteiger partial charge in [-0.3, -0.25) is 14.9 Å². The average molecular weight is 476 g/mol. The van der Waals surface area contributed by atoms with E-state index in [0.29, 0.717) is 28.4 Å². The van der Waals surface area contributed by atoms with Gasteiger partial charge < -0.3 is 20.1 Å². The fourth-order valence-electron chi connectivity index (χ4n) is 3.11. The third kappa shape index (κ3) is 6.91. The van der Waals surface area contributed by atoms with Crippen LogP contribution in [-0.2, 0) is 4.79 Å². The molecule has 3 rings (SSSR count). The zero-order valence-electron chi connectivity index (χ0n) is 19.0. The predicted octanol–water partition coefficient (Wildman–Crippen LogP) is 4.79. The van der Waals surface area contributed by atoms with Crippen molar-refractivity contribution in [2.75, 3.05) is 24.9 Å². The van der Waals surface area contributed by atoms with Crippen molar-refractivity contribution >= 4 is 46.6 Å². The Hall–Kier alpha value is -4.17. The molecule has 8 heteroatoms. The highest BCUT2D eigenvalue weighted by molar-refractivity contribution is 7.80. The fourth-order valence-corrected chi connectivity index (χ4v) is 3.33. The topological polar surface area (TPSA) is 88.7 Å². The Balaban J connectivity index is 1.58. The molecule has 0 heterocycles. The summed E-state index contributed by atoms with van der Waals surface area (Å²) in [4.78, 5) is 24.8. The van der Waals surface area contributed by atoms with Crippen LogP contribution >= 0.6 is 12.2 Å². The van der Waals surface area contributed by atoms with Crippen molar-refractivity contribution in [2.24, 2.45) is 0 Å². The molecule has 0 fully saturated rings. The number of hydrogen-bond donors (Lipinski definition) is 3. The Kier molecular flexibility index (Phi) is 8.37. The van der Waals surface area contributed by atoms with Gasteiger partial charge in [-0.25, -0.2) is 0 Å². The van der Waals surface area contributed by atoms with Crippen molar-refractivity contribution in [1.29, 1.82) is 0 Å². The zero-order valence-corrected chi connectivity index (χ0v) is 19.9. The lowest BCUT2D eigenvalue weighted by atomic mass is 10.1. The Labute approximate surface area is 203 Å². The van der Waals surface area contributed by atoms with Crippen molar-refractivity contribution in [3.8, 4) is 11.5 Å². The zero-order chi connectivity index (χ0) is 24.5. The van der Waals surface area contributed by atoms with Crippen LogP contribution in [0.5, 0.6) is 11.5 Å². The number of nitrogens with one attached hydrogen (secondary N) is 3. The maximum Gasteiger partial charge on any atom is 0.255 e. The maximum atomic E-state index is 12.6. The van der Waals surface area contributed by atoms with Gasteiger partial charge in [-0.1, -0.05) is 24.3 Å². The number of anilines is 2. The second-order valence-electron chi connectivity index (χ2n) is 7.30. The number of methoxy groups -OCH3 is 2. The smallest absolute Gasteiger partial charge is 0.255 e. The Morgan fingerprint density at radius 3 is 2.26 bits per heavy atom. The van der Waals surface area contributed by atoms with Crippen molar-refractivity contribution in [3.05, 3.63) is 89.5 Å². The molecule has 3 aromatic rings. The minimum absolute atomic E-state index is 0.109. The summed E-state index contributed by atoms with van der Waals surface area (Å²) in [6.45, 7) is 1.96. The SMILES string of the molecule is COc1ccc(/C=C/C(=O)NC(=S)Nc2cccc(C(=O)Nc3cccc(C)c3)c2)cc1OC. The summed E-state index contributed by atoms with van der Waals surface area (Å²) in [5.41, 5.74) is 3.56. The molecule has 0 atom stereocenters. The monoisotopic (exact) mass is 475 g/mol. The van der Waals surface area contributed by atoms with Gasteiger partial charge in [-0.2, -0.15) is 0 Å².